The molecule has 1 aliphatic heterocycles. The largest absolute Gasteiger partial charge is 0.326 e. The number of benzene rings is 2. The average molecular weight is 416 g/mol. The number of amides is 2. The monoisotopic (exact) mass is 415 g/mol. The highest BCUT2D eigenvalue weighted by Crippen LogP contribution is 2.27. The predicted molar refractivity (Wildman–Crippen MR) is 112 cm³/mol. The van der Waals surface area contributed by atoms with Crippen molar-refractivity contribution in [3.63, 3.8) is 0 Å². The smallest absolute Gasteiger partial charge is 0.240 e. The summed E-state index contributed by atoms with van der Waals surface area (Å²) in [6, 6.07) is 11.8. The number of hydrogen-bond donors (Lipinski definition) is 2. The Morgan fingerprint density at radius 3 is 2.41 bits per heavy atom. The lowest BCUT2D eigenvalue weighted by atomic mass is 10.1. The first-order valence-electron chi connectivity index (χ1n) is 9.49. The molecule has 2 amide bonds. The van der Waals surface area contributed by atoms with E-state index in [0.717, 1.165) is 16.8 Å². The molecule has 0 aromatic heterocycles. The van der Waals surface area contributed by atoms with Crippen molar-refractivity contribution in [3.05, 3.63) is 53.6 Å². The lowest BCUT2D eigenvalue weighted by Crippen LogP contribution is -2.28. The number of sulfonamides is 1. The van der Waals surface area contributed by atoms with Crippen molar-refractivity contribution >= 4 is 33.2 Å². The molecule has 8 heteroatoms. The molecule has 1 atom stereocenters. The van der Waals surface area contributed by atoms with Gasteiger partial charge < -0.3 is 10.2 Å². The summed E-state index contributed by atoms with van der Waals surface area (Å²) in [5.41, 5.74) is 3.53. The van der Waals surface area contributed by atoms with Crippen LogP contribution in [0.4, 0.5) is 11.4 Å². The third-order valence-electron chi connectivity index (χ3n) is 5.06. The first kappa shape index (κ1) is 21.0. The van der Waals surface area contributed by atoms with Gasteiger partial charge in [-0.25, -0.2) is 13.1 Å². The van der Waals surface area contributed by atoms with E-state index in [4.69, 9.17) is 0 Å². The summed E-state index contributed by atoms with van der Waals surface area (Å²) in [6.07, 6.45) is 0.144. The Morgan fingerprint density at radius 1 is 1.10 bits per heavy atom. The number of rotatable bonds is 6. The van der Waals surface area contributed by atoms with E-state index in [2.05, 4.69) is 10.0 Å². The topological polar surface area (TPSA) is 95.6 Å². The number of carbonyl (C=O) groups excluding carboxylic acids is 2. The summed E-state index contributed by atoms with van der Waals surface area (Å²) < 4.78 is 26.4. The number of aryl methyl sites for hydroxylation is 2. The lowest BCUT2D eigenvalue weighted by molar-refractivity contribution is -0.122. The number of nitrogens with one attached hydrogen (secondary N) is 2. The zero-order chi connectivity index (χ0) is 21.2. The molecule has 2 aromatic rings. The second kappa shape index (κ2) is 8.34. The Balaban J connectivity index is 1.67. The van der Waals surface area contributed by atoms with Crippen molar-refractivity contribution in [2.45, 2.75) is 32.1 Å². The molecule has 29 heavy (non-hydrogen) atoms. The van der Waals surface area contributed by atoms with Crippen molar-refractivity contribution < 1.29 is 18.0 Å². The van der Waals surface area contributed by atoms with E-state index in [1.807, 2.05) is 32.0 Å². The molecular weight excluding hydrogens is 390 g/mol. The van der Waals surface area contributed by atoms with Gasteiger partial charge in [0.15, 0.2) is 0 Å². The minimum Gasteiger partial charge on any atom is -0.326 e. The Bertz CT molecular complexity index is 1030. The molecule has 0 spiro atoms. The van der Waals surface area contributed by atoms with Gasteiger partial charge in [0, 0.05) is 30.9 Å². The molecule has 1 aliphatic rings. The van der Waals surface area contributed by atoms with Crippen LogP contribution in [0.15, 0.2) is 47.4 Å². The molecule has 0 unspecified atom stereocenters. The van der Waals surface area contributed by atoms with Crippen LogP contribution < -0.4 is 14.9 Å². The number of carbonyl (C=O) groups is 2. The van der Waals surface area contributed by atoms with E-state index in [1.54, 1.807) is 24.0 Å². The van der Waals surface area contributed by atoms with Gasteiger partial charge in [0.2, 0.25) is 21.8 Å². The fraction of sp³-hybridized carbons (Fsp3) is 0.333. The van der Waals surface area contributed by atoms with Crippen LogP contribution in [-0.4, -0.2) is 33.3 Å². The molecule has 154 valence electrons. The lowest BCUT2D eigenvalue weighted by Gasteiger charge is -2.18. The third-order valence-corrected chi connectivity index (χ3v) is 6.63. The van der Waals surface area contributed by atoms with Crippen LogP contribution in [0.1, 0.15) is 24.5 Å². The maximum Gasteiger partial charge on any atom is 0.240 e. The van der Waals surface area contributed by atoms with Crippen LogP contribution in [0.2, 0.25) is 0 Å². The van der Waals surface area contributed by atoms with Crippen molar-refractivity contribution in [1.29, 1.82) is 0 Å². The van der Waals surface area contributed by atoms with Gasteiger partial charge in [-0.1, -0.05) is 13.0 Å². The van der Waals surface area contributed by atoms with Gasteiger partial charge in [0.05, 0.1) is 10.8 Å². The maximum absolute atomic E-state index is 12.6. The Morgan fingerprint density at radius 2 is 1.79 bits per heavy atom. The second-order valence-corrected chi connectivity index (χ2v) is 8.96. The molecule has 1 fully saturated rings. The van der Waals surface area contributed by atoms with Gasteiger partial charge in [-0.05, 0) is 61.4 Å². The SMILES string of the molecule is CCNS(=O)(=O)c1ccc(NC(=O)[C@H]2CC(=O)N(c3ccc(C)c(C)c3)C2)cc1. The quantitative estimate of drug-likeness (QED) is 0.758. The molecule has 3 rings (SSSR count). The average Bonchev–Trinajstić information content (AvgIpc) is 3.06. The molecule has 0 aliphatic carbocycles. The molecule has 7 nitrogen and oxygen atoms in total. The van der Waals surface area contributed by atoms with Crippen LogP contribution in [0.5, 0.6) is 0 Å². The highest BCUT2D eigenvalue weighted by Gasteiger charge is 2.35. The third kappa shape index (κ3) is 4.65. The van der Waals surface area contributed by atoms with Crippen molar-refractivity contribution in [2.75, 3.05) is 23.3 Å². The standard InChI is InChI=1S/C21H25N3O4S/c1-4-22-29(27,28)19-9-6-17(7-10-19)23-21(26)16-12-20(25)24(13-16)18-8-5-14(2)15(3)11-18/h5-11,16,22H,4,12-13H2,1-3H3,(H,23,26)/t16-/m0/s1. The van der Waals surface area contributed by atoms with Gasteiger partial charge in [0.1, 0.15) is 0 Å². The fourth-order valence-electron chi connectivity index (χ4n) is 3.26. The second-order valence-electron chi connectivity index (χ2n) is 7.19. The van der Waals surface area contributed by atoms with Crippen molar-refractivity contribution in [3.8, 4) is 0 Å². The number of anilines is 2. The molecule has 0 radical (unpaired) electrons. The van der Waals surface area contributed by atoms with Crippen LogP contribution >= 0.6 is 0 Å². The molecule has 0 saturated carbocycles. The van der Waals surface area contributed by atoms with E-state index in [1.165, 1.54) is 12.1 Å². The van der Waals surface area contributed by atoms with Gasteiger partial charge in [-0.15, -0.1) is 0 Å². The Hall–Kier alpha value is -2.71. The molecule has 2 aromatic carbocycles. The van der Waals surface area contributed by atoms with Gasteiger partial charge in [0.25, 0.3) is 0 Å². The first-order chi connectivity index (χ1) is 13.7. The Kier molecular flexibility index (Phi) is 6.04. The van der Waals surface area contributed by atoms with Gasteiger partial charge in [-0.3, -0.25) is 9.59 Å². The van der Waals surface area contributed by atoms with Crippen molar-refractivity contribution in [1.82, 2.24) is 4.72 Å². The summed E-state index contributed by atoms with van der Waals surface area (Å²) in [5.74, 6) is -0.804. The first-order valence-corrected chi connectivity index (χ1v) is 11.0. The highest BCUT2D eigenvalue weighted by molar-refractivity contribution is 7.89. The summed E-state index contributed by atoms with van der Waals surface area (Å²) in [7, 11) is -3.54. The van der Waals surface area contributed by atoms with E-state index in [0.29, 0.717) is 18.8 Å². The van der Waals surface area contributed by atoms with Crippen LogP contribution in [0, 0.1) is 19.8 Å². The number of nitrogens with zero attached hydrogens (tertiary/aromatic N) is 1. The summed E-state index contributed by atoms with van der Waals surface area (Å²) >= 11 is 0. The molecule has 1 saturated heterocycles. The molecule has 2 N–H and O–H groups in total. The predicted octanol–water partition coefficient (Wildman–Crippen LogP) is 2.59. The zero-order valence-electron chi connectivity index (χ0n) is 16.7. The molecule has 0 bridgehead atoms. The Labute approximate surface area is 171 Å². The normalized spacial score (nSPS) is 16.9. The van der Waals surface area contributed by atoms with Crippen molar-refractivity contribution in [2.24, 2.45) is 5.92 Å². The van der Waals surface area contributed by atoms with Crippen LogP contribution in [0.25, 0.3) is 0 Å². The summed E-state index contributed by atoms with van der Waals surface area (Å²) in [4.78, 5) is 26.8. The maximum atomic E-state index is 12.6. The molecule has 1 heterocycles. The number of hydrogen-bond acceptors (Lipinski definition) is 4. The van der Waals surface area contributed by atoms with E-state index in [-0.39, 0.29) is 23.1 Å². The fourth-order valence-corrected chi connectivity index (χ4v) is 4.30. The van der Waals surface area contributed by atoms with Crippen LogP contribution in [0.3, 0.4) is 0 Å². The summed E-state index contributed by atoms with van der Waals surface area (Å²) in [6.45, 7) is 6.32. The highest BCUT2D eigenvalue weighted by atomic mass is 32.2. The zero-order valence-corrected chi connectivity index (χ0v) is 17.5. The minimum absolute atomic E-state index is 0.0829. The minimum atomic E-state index is -3.54. The molecular formula is C21H25N3O4S. The summed E-state index contributed by atoms with van der Waals surface area (Å²) in [5, 5.41) is 2.77. The van der Waals surface area contributed by atoms with Gasteiger partial charge >= 0.3 is 0 Å². The van der Waals surface area contributed by atoms with E-state index >= 15 is 0 Å². The van der Waals surface area contributed by atoms with Gasteiger partial charge in [-0.2, -0.15) is 0 Å². The van der Waals surface area contributed by atoms with E-state index < -0.39 is 15.9 Å². The van der Waals surface area contributed by atoms with E-state index in [9.17, 15) is 18.0 Å². The van der Waals surface area contributed by atoms with Crippen LogP contribution in [-0.2, 0) is 19.6 Å².